The van der Waals surface area contributed by atoms with Crippen LogP contribution < -0.4 is 4.89 Å². The summed E-state index contributed by atoms with van der Waals surface area (Å²) in [5, 5.41) is 0. The first kappa shape index (κ1) is 92.2. The predicted octanol–water partition coefficient (Wildman–Crippen LogP) is 27.1. The summed E-state index contributed by atoms with van der Waals surface area (Å²) in [7, 11) is 1.19. The van der Waals surface area contributed by atoms with Gasteiger partial charge in [-0.05, 0) is 51.4 Å². The molecule has 0 aliphatic rings. The number of allylic oxidation sites excluding steroid dienone is 6. The molecule has 0 N–H and O–H groups in total. The number of ether oxygens (including phenoxy) is 2. The molecule has 0 amide bonds. The van der Waals surface area contributed by atoms with E-state index in [0.717, 1.165) is 44.9 Å². The third-order valence-electron chi connectivity index (χ3n) is 19.2. The van der Waals surface area contributed by atoms with E-state index in [4.69, 9.17) is 18.5 Å². The van der Waals surface area contributed by atoms with Crippen LogP contribution in [0.15, 0.2) is 36.5 Å². The van der Waals surface area contributed by atoms with E-state index in [1.165, 1.54) is 360 Å². The summed E-state index contributed by atoms with van der Waals surface area (Å²) < 4.78 is 34.4. The summed E-state index contributed by atoms with van der Waals surface area (Å²) in [5.74, 6) is -0.807. The van der Waals surface area contributed by atoms with Gasteiger partial charge in [-0.3, -0.25) is 14.2 Å². The Morgan fingerprint density at radius 3 is 0.851 bits per heavy atom. The maximum atomic E-state index is 12.9. The van der Waals surface area contributed by atoms with Gasteiger partial charge in [0.2, 0.25) is 0 Å². The highest BCUT2D eigenvalue weighted by Gasteiger charge is 2.22. The average Bonchev–Trinajstić information content (AvgIpc) is 1.56. The molecule has 9 nitrogen and oxygen atoms in total. The Kier molecular flexibility index (Phi) is 74.0. The smallest absolute Gasteiger partial charge is 0.306 e. The normalized spacial score (nSPS) is 13.1. The lowest BCUT2D eigenvalue weighted by Crippen LogP contribution is -2.37. The van der Waals surface area contributed by atoms with Crippen LogP contribution in [-0.4, -0.2) is 70.0 Å². The zero-order valence-corrected chi connectivity index (χ0v) is 64.6. The van der Waals surface area contributed by atoms with Crippen molar-refractivity contribution >= 4 is 19.8 Å². The third-order valence-corrected chi connectivity index (χ3v) is 20.1. The highest BCUT2D eigenvalue weighted by molar-refractivity contribution is 7.45. The number of rotatable bonds is 79. The molecule has 0 bridgehead atoms. The summed E-state index contributed by atoms with van der Waals surface area (Å²) in [5.41, 5.74) is 0. The molecule has 0 heterocycles. The number of hydrogen-bond donors (Lipinski definition) is 0. The fourth-order valence-corrected chi connectivity index (χ4v) is 13.5. The van der Waals surface area contributed by atoms with Crippen molar-refractivity contribution in [2.45, 2.75) is 444 Å². The zero-order valence-electron chi connectivity index (χ0n) is 63.7. The molecule has 0 radical (unpaired) electrons. The standard InChI is InChI=1S/C84H162NO8P/c1-6-8-10-12-14-16-18-20-22-24-26-28-30-32-34-36-38-40-41-42-43-45-46-48-50-52-54-56-58-60-62-64-66-68-70-72-74-76-83(86)90-80-82(81-92-94(88,89)91-79-78-85(3,4)5)93-84(87)77-75-73-71-69-67-65-63-61-59-57-55-53-51-49-47-44-39-37-35-33-31-29-27-25-23-21-19-17-15-13-11-9-7-2/h19,21,25,27,31,33,82H,6-18,20,22-24,26,28-30,32,34-81H2,1-5H3/b21-19-,27-25-,33-31-. The predicted molar refractivity (Wildman–Crippen MR) is 407 cm³/mol. The number of phosphoric acid groups is 1. The summed E-state index contributed by atoms with van der Waals surface area (Å²) in [6.07, 6.45) is 98.6. The first-order valence-electron chi connectivity index (χ1n) is 41.7. The first-order chi connectivity index (χ1) is 46.0. The summed E-state index contributed by atoms with van der Waals surface area (Å²) in [6.45, 7) is 4.32. The molecule has 2 unspecified atom stereocenters. The Balaban J connectivity index is 3.88. The number of nitrogens with zero attached hydrogens (tertiary/aromatic N) is 1. The maximum Gasteiger partial charge on any atom is 0.306 e. The van der Waals surface area contributed by atoms with E-state index in [2.05, 4.69) is 50.3 Å². The van der Waals surface area contributed by atoms with Crippen molar-refractivity contribution in [1.82, 2.24) is 0 Å². The number of unbranched alkanes of at least 4 members (excludes halogenated alkanes) is 59. The van der Waals surface area contributed by atoms with E-state index in [0.29, 0.717) is 17.4 Å². The fourth-order valence-electron chi connectivity index (χ4n) is 12.8. The van der Waals surface area contributed by atoms with Crippen molar-refractivity contribution in [3.05, 3.63) is 36.5 Å². The van der Waals surface area contributed by atoms with E-state index in [9.17, 15) is 19.0 Å². The van der Waals surface area contributed by atoms with Crippen molar-refractivity contribution in [3.8, 4) is 0 Å². The molecule has 10 heteroatoms. The molecule has 0 fully saturated rings. The second-order valence-corrected chi connectivity index (χ2v) is 31.3. The molecule has 0 saturated carbocycles. The summed E-state index contributed by atoms with van der Waals surface area (Å²) in [4.78, 5) is 38.2. The quantitative estimate of drug-likeness (QED) is 0.0195. The Bertz CT molecular complexity index is 1680. The van der Waals surface area contributed by atoms with Crippen LogP contribution in [0, 0.1) is 0 Å². The second-order valence-electron chi connectivity index (χ2n) is 29.9. The van der Waals surface area contributed by atoms with Crippen LogP contribution >= 0.6 is 7.82 Å². The van der Waals surface area contributed by atoms with Gasteiger partial charge in [-0.15, -0.1) is 0 Å². The molecule has 0 aromatic heterocycles. The van der Waals surface area contributed by atoms with Crippen molar-refractivity contribution in [3.63, 3.8) is 0 Å². The van der Waals surface area contributed by atoms with Gasteiger partial charge >= 0.3 is 11.9 Å². The monoisotopic (exact) mass is 1340 g/mol. The minimum absolute atomic E-state index is 0.0275. The van der Waals surface area contributed by atoms with E-state index in [-0.39, 0.29) is 32.0 Å². The number of hydrogen-bond acceptors (Lipinski definition) is 8. The number of quaternary nitrogens is 1. The molecule has 0 aliphatic heterocycles. The van der Waals surface area contributed by atoms with Crippen LogP contribution in [0.5, 0.6) is 0 Å². The molecule has 0 aromatic carbocycles. The molecule has 0 aliphatic carbocycles. The lowest BCUT2D eigenvalue weighted by molar-refractivity contribution is -0.870. The molecule has 0 rings (SSSR count). The van der Waals surface area contributed by atoms with Crippen LogP contribution in [-0.2, 0) is 32.7 Å². The highest BCUT2D eigenvalue weighted by atomic mass is 31.2. The Hall–Kier alpha value is -1.77. The van der Waals surface area contributed by atoms with Crippen LogP contribution in [0.25, 0.3) is 0 Å². The minimum atomic E-state index is -4.64. The number of carbonyl (C=O) groups excluding carboxylic acids is 2. The highest BCUT2D eigenvalue weighted by Crippen LogP contribution is 2.38. The van der Waals surface area contributed by atoms with E-state index in [1.54, 1.807) is 0 Å². The molecular weight excluding hydrogens is 1180 g/mol. The third kappa shape index (κ3) is 79.2. The van der Waals surface area contributed by atoms with Gasteiger partial charge in [0.1, 0.15) is 19.8 Å². The summed E-state index contributed by atoms with van der Waals surface area (Å²) in [6, 6.07) is 0. The number of esters is 2. The van der Waals surface area contributed by atoms with E-state index < -0.39 is 26.5 Å². The molecule has 2 atom stereocenters. The molecule has 94 heavy (non-hydrogen) atoms. The lowest BCUT2D eigenvalue weighted by Gasteiger charge is -2.28. The first-order valence-corrected chi connectivity index (χ1v) is 43.2. The fraction of sp³-hybridized carbons (Fsp3) is 0.905. The molecule has 0 saturated heterocycles. The second kappa shape index (κ2) is 75.4. The van der Waals surface area contributed by atoms with Crippen LogP contribution in [0.1, 0.15) is 438 Å². The Labute approximate surface area is 586 Å². The average molecular weight is 1350 g/mol. The minimum Gasteiger partial charge on any atom is -0.756 e. The number of phosphoric ester groups is 1. The van der Waals surface area contributed by atoms with E-state index in [1.807, 2.05) is 21.1 Å². The van der Waals surface area contributed by atoms with Gasteiger partial charge in [-0.1, -0.05) is 410 Å². The molecule has 0 aromatic rings. The lowest BCUT2D eigenvalue weighted by atomic mass is 10.0. The van der Waals surface area contributed by atoms with Crippen molar-refractivity contribution < 1.29 is 42.1 Å². The molecule has 556 valence electrons. The Morgan fingerprint density at radius 1 is 0.330 bits per heavy atom. The van der Waals surface area contributed by atoms with Crippen LogP contribution in [0.2, 0.25) is 0 Å². The van der Waals surface area contributed by atoms with Crippen LogP contribution in [0.3, 0.4) is 0 Å². The van der Waals surface area contributed by atoms with Crippen LogP contribution in [0.4, 0.5) is 0 Å². The topological polar surface area (TPSA) is 111 Å². The molecule has 0 spiro atoms. The Morgan fingerprint density at radius 2 is 0.574 bits per heavy atom. The van der Waals surface area contributed by atoms with Gasteiger partial charge in [0.25, 0.3) is 7.82 Å². The maximum absolute atomic E-state index is 12.9. The zero-order chi connectivity index (χ0) is 68.3. The van der Waals surface area contributed by atoms with Gasteiger partial charge in [0.15, 0.2) is 6.10 Å². The van der Waals surface area contributed by atoms with Gasteiger partial charge in [0, 0.05) is 12.8 Å². The van der Waals surface area contributed by atoms with Crippen molar-refractivity contribution in [2.24, 2.45) is 0 Å². The summed E-state index contributed by atoms with van der Waals surface area (Å²) >= 11 is 0. The largest absolute Gasteiger partial charge is 0.756 e. The molecular formula is C84H162NO8P. The van der Waals surface area contributed by atoms with Gasteiger partial charge in [-0.2, -0.15) is 0 Å². The SMILES string of the molecule is CCCCCCC/C=C\C/C=C\C/C=C\CCCCCCCCCCCCCCCCCCCCC(=O)OC(COC(=O)CCCCCCCCCCCCCCCCCCCCCCCCCCCCCCCCCCCCCCC)COP(=O)([O-])OCC[N+](C)(C)C. The number of carbonyl (C=O) groups is 2. The van der Waals surface area contributed by atoms with Gasteiger partial charge < -0.3 is 27.9 Å². The van der Waals surface area contributed by atoms with Crippen molar-refractivity contribution in [2.75, 3.05) is 47.5 Å². The number of likely N-dealkylation sites (N-methyl/N-ethyl adjacent to an activating group) is 1. The van der Waals surface area contributed by atoms with E-state index >= 15 is 0 Å². The van der Waals surface area contributed by atoms with Crippen molar-refractivity contribution in [1.29, 1.82) is 0 Å². The van der Waals surface area contributed by atoms with Gasteiger partial charge in [-0.25, -0.2) is 0 Å². The van der Waals surface area contributed by atoms with Gasteiger partial charge in [0.05, 0.1) is 27.7 Å².